The molecule has 0 heterocycles. The van der Waals surface area contributed by atoms with Gasteiger partial charge in [-0.05, 0) is 50.2 Å². The van der Waals surface area contributed by atoms with Crippen LogP contribution in [0.15, 0.2) is 11.6 Å². The fraction of sp³-hybridized carbons (Fsp3) is 0.833. The highest BCUT2D eigenvalue weighted by Gasteiger charge is 2.42. The fourth-order valence-electron chi connectivity index (χ4n) is 3.01. The van der Waals surface area contributed by atoms with Gasteiger partial charge >= 0.3 is 0 Å². The zero-order valence-electron chi connectivity index (χ0n) is 9.46. The van der Waals surface area contributed by atoms with Gasteiger partial charge in [0.25, 0.3) is 0 Å². The van der Waals surface area contributed by atoms with E-state index < -0.39 is 0 Å². The van der Waals surface area contributed by atoms with Crippen LogP contribution in [0.1, 0.15) is 32.6 Å². The molecule has 0 aromatic rings. The lowest BCUT2D eigenvalue weighted by atomic mass is 9.94. The van der Waals surface area contributed by atoms with Gasteiger partial charge in [0.15, 0.2) is 0 Å². The van der Waals surface area contributed by atoms with Crippen molar-refractivity contribution < 1.29 is 0 Å². The topological polar surface area (TPSA) is 0 Å². The lowest BCUT2D eigenvalue weighted by Crippen LogP contribution is -2.14. The summed E-state index contributed by atoms with van der Waals surface area (Å²) in [6.45, 7) is 2.22. The summed E-state index contributed by atoms with van der Waals surface area (Å²) in [6.07, 6.45) is 8.29. The molecule has 3 unspecified atom stereocenters. The average Bonchev–Trinajstić information content (AvgIpc) is 2.76. The van der Waals surface area contributed by atoms with E-state index >= 15 is 0 Å². The highest BCUT2D eigenvalue weighted by molar-refractivity contribution is 7.99. The second kappa shape index (κ2) is 4.89. The van der Waals surface area contributed by atoms with Crippen LogP contribution in [-0.4, -0.2) is 21.2 Å². The van der Waals surface area contributed by atoms with E-state index in [4.69, 9.17) is 0 Å². The van der Waals surface area contributed by atoms with Crippen molar-refractivity contribution in [2.45, 2.75) is 43.9 Å². The Kier molecular flexibility index (Phi) is 3.77. The molecular weight excluding hydrogens is 204 g/mol. The molecule has 0 nitrogen and oxygen atoms in total. The van der Waals surface area contributed by atoms with Crippen LogP contribution in [-0.2, 0) is 0 Å². The van der Waals surface area contributed by atoms with Crippen molar-refractivity contribution in [3.8, 4) is 0 Å². The maximum Gasteiger partial charge on any atom is 0.00842 e. The van der Waals surface area contributed by atoms with Crippen molar-refractivity contribution >= 4 is 22.0 Å². The van der Waals surface area contributed by atoms with Crippen LogP contribution in [0.25, 0.3) is 0 Å². The van der Waals surface area contributed by atoms with Gasteiger partial charge in [-0.2, -0.15) is 11.8 Å². The molecular formula is C12H22SSi. The molecule has 0 N–H and O–H groups in total. The van der Waals surface area contributed by atoms with Gasteiger partial charge in [-0.25, -0.2) is 0 Å². The van der Waals surface area contributed by atoms with Gasteiger partial charge in [0.2, 0.25) is 0 Å². The van der Waals surface area contributed by atoms with Crippen LogP contribution < -0.4 is 0 Å². The average molecular weight is 226 g/mol. The Labute approximate surface area is 95.3 Å². The number of allylic oxidation sites excluding steroid dienone is 2. The van der Waals surface area contributed by atoms with E-state index in [1.54, 1.807) is 5.57 Å². The van der Waals surface area contributed by atoms with E-state index in [0.717, 1.165) is 17.1 Å². The molecule has 2 heteroatoms. The Hall–Kier alpha value is 0.307. The lowest BCUT2D eigenvalue weighted by Gasteiger charge is -2.22. The van der Waals surface area contributed by atoms with E-state index in [2.05, 4.69) is 24.8 Å². The molecule has 2 aliphatic rings. The first kappa shape index (κ1) is 10.8. The largest absolute Gasteiger partial charge is 0.158 e. The third-order valence-electron chi connectivity index (χ3n) is 3.85. The first-order valence-electron chi connectivity index (χ1n) is 6.11. The molecule has 2 aliphatic carbocycles. The van der Waals surface area contributed by atoms with Crippen molar-refractivity contribution in [3.63, 3.8) is 0 Å². The summed E-state index contributed by atoms with van der Waals surface area (Å²) < 4.78 is 0. The summed E-state index contributed by atoms with van der Waals surface area (Å²) in [6, 6.07) is 1.49. The Balaban J connectivity index is 1.79. The lowest BCUT2D eigenvalue weighted by molar-refractivity contribution is 0.576. The molecule has 3 atom stereocenters. The fourth-order valence-corrected chi connectivity index (χ4v) is 5.48. The first-order chi connectivity index (χ1) is 6.85. The van der Waals surface area contributed by atoms with E-state index in [9.17, 15) is 0 Å². The molecule has 0 spiro atoms. The molecule has 2 saturated carbocycles. The first-order valence-corrected chi connectivity index (χ1v) is 8.58. The Morgan fingerprint density at radius 3 is 2.93 bits per heavy atom. The minimum Gasteiger partial charge on any atom is -0.158 e. The van der Waals surface area contributed by atoms with Crippen molar-refractivity contribution in [2.24, 2.45) is 11.8 Å². The summed E-state index contributed by atoms with van der Waals surface area (Å²) in [5.41, 5.74) is 1.77. The molecule has 80 valence electrons. The van der Waals surface area contributed by atoms with Gasteiger partial charge in [-0.15, -0.1) is 0 Å². The zero-order valence-corrected chi connectivity index (χ0v) is 12.3. The van der Waals surface area contributed by atoms with Crippen LogP contribution in [0.4, 0.5) is 0 Å². The van der Waals surface area contributed by atoms with Crippen LogP contribution in [0, 0.1) is 11.8 Å². The Morgan fingerprint density at radius 1 is 1.50 bits per heavy atom. The zero-order chi connectivity index (χ0) is 9.97. The van der Waals surface area contributed by atoms with Gasteiger partial charge in [0, 0.05) is 15.5 Å². The molecule has 2 rings (SSSR count). The summed E-state index contributed by atoms with van der Waals surface area (Å²) in [5, 5.41) is 1.02. The van der Waals surface area contributed by atoms with Crippen molar-refractivity contribution in [1.82, 2.24) is 0 Å². The second-order valence-corrected chi connectivity index (χ2v) is 7.11. The molecule has 2 fully saturated rings. The van der Waals surface area contributed by atoms with E-state index in [0.29, 0.717) is 0 Å². The third-order valence-corrected chi connectivity index (χ3v) is 6.09. The predicted octanol–water partition coefficient (Wildman–Crippen LogP) is 2.64. The van der Waals surface area contributed by atoms with E-state index in [1.165, 1.54) is 47.7 Å². The normalized spacial score (nSPS) is 38.6. The molecule has 14 heavy (non-hydrogen) atoms. The SMILES string of the molecule is C/C=C1/CC2CC1CC2SCCC[SiH3]. The summed E-state index contributed by atoms with van der Waals surface area (Å²) in [7, 11) is 1.40. The highest BCUT2D eigenvalue weighted by Crippen LogP contribution is 2.52. The molecule has 0 saturated heterocycles. The Bertz CT molecular complexity index is 224. The van der Waals surface area contributed by atoms with Crippen LogP contribution >= 0.6 is 11.8 Å². The van der Waals surface area contributed by atoms with E-state index in [1.807, 2.05) is 0 Å². The molecule has 0 aromatic carbocycles. The number of thioether (sulfide) groups is 1. The predicted molar refractivity (Wildman–Crippen MR) is 70.2 cm³/mol. The summed E-state index contributed by atoms with van der Waals surface area (Å²) in [4.78, 5) is 0. The number of hydrogen-bond acceptors (Lipinski definition) is 1. The van der Waals surface area contributed by atoms with Gasteiger partial charge in [-0.1, -0.05) is 17.7 Å². The van der Waals surface area contributed by atoms with Crippen LogP contribution in [0.2, 0.25) is 6.04 Å². The smallest absolute Gasteiger partial charge is 0.00842 e. The molecule has 0 aromatic heterocycles. The van der Waals surface area contributed by atoms with Crippen LogP contribution in [0.5, 0.6) is 0 Å². The standard InChI is InChI=1S/C12H22SSi/c1-2-9-6-11-7-10(9)8-12(11)13-4-3-5-14/h2,10-12H,3-8H2,1,14H3/b9-2-. The number of rotatable bonds is 4. The highest BCUT2D eigenvalue weighted by atomic mass is 32.2. The molecule has 0 radical (unpaired) electrons. The third kappa shape index (κ3) is 2.11. The maximum atomic E-state index is 2.38. The molecule has 0 aliphatic heterocycles. The van der Waals surface area contributed by atoms with Gasteiger partial charge in [0.1, 0.15) is 0 Å². The summed E-state index contributed by atoms with van der Waals surface area (Å²) >= 11 is 2.28. The van der Waals surface area contributed by atoms with Gasteiger partial charge < -0.3 is 0 Å². The quantitative estimate of drug-likeness (QED) is 0.403. The second-order valence-electron chi connectivity index (χ2n) is 4.76. The molecule has 0 amide bonds. The molecule has 2 bridgehead atoms. The van der Waals surface area contributed by atoms with Crippen LogP contribution in [0.3, 0.4) is 0 Å². The number of hydrogen-bond donors (Lipinski definition) is 0. The van der Waals surface area contributed by atoms with Crippen molar-refractivity contribution in [3.05, 3.63) is 11.6 Å². The number of fused-ring (bicyclic) bond motifs is 2. The van der Waals surface area contributed by atoms with Crippen molar-refractivity contribution in [2.75, 3.05) is 5.75 Å². The minimum atomic E-state index is 0.985. The monoisotopic (exact) mass is 226 g/mol. The maximum absolute atomic E-state index is 2.38. The Morgan fingerprint density at radius 2 is 2.36 bits per heavy atom. The van der Waals surface area contributed by atoms with Gasteiger partial charge in [0.05, 0.1) is 0 Å². The van der Waals surface area contributed by atoms with Crippen molar-refractivity contribution in [1.29, 1.82) is 0 Å². The van der Waals surface area contributed by atoms with E-state index in [-0.39, 0.29) is 0 Å². The minimum absolute atomic E-state index is 0.985. The van der Waals surface area contributed by atoms with Gasteiger partial charge in [-0.3, -0.25) is 0 Å². The summed E-state index contributed by atoms with van der Waals surface area (Å²) in [5.74, 6) is 3.46.